The van der Waals surface area contributed by atoms with Gasteiger partial charge in [0.15, 0.2) is 0 Å². The van der Waals surface area contributed by atoms with Crippen LogP contribution in [0.1, 0.15) is 0 Å². The Kier molecular flexibility index (Phi) is 2.55. The van der Waals surface area contributed by atoms with Crippen LogP contribution in [0.25, 0.3) is 10.9 Å². The first kappa shape index (κ1) is 9.92. The molecular formula is C10H12FN3O. The summed E-state index contributed by atoms with van der Waals surface area (Å²) in [5, 5.41) is 4.16. The zero-order valence-electron chi connectivity index (χ0n) is 8.40. The summed E-state index contributed by atoms with van der Waals surface area (Å²) in [6, 6.07) is 5.23. The first-order valence-electron chi connectivity index (χ1n) is 4.63. The van der Waals surface area contributed by atoms with Crippen molar-refractivity contribution in [2.24, 2.45) is 0 Å². The van der Waals surface area contributed by atoms with Gasteiger partial charge in [0, 0.05) is 12.8 Å². The topological polar surface area (TPSA) is 53.1 Å². The van der Waals surface area contributed by atoms with Crippen LogP contribution in [0.2, 0.25) is 0 Å². The number of halogens is 1. The number of rotatable bonds is 3. The molecule has 0 unspecified atom stereocenters. The van der Waals surface area contributed by atoms with Gasteiger partial charge in [-0.3, -0.25) is 4.68 Å². The summed E-state index contributed by atoms with van der Waals surface area (Å²) in [5.41, 5.74) is 6.78. The van der Waals surface area contributed by atoms with Crippen molar-refractivity contribution < 1.29 is 9.13 Å². The number of anilines is 1. The van der Waals surface area contributed by atoms with Gasteiger partial charge in [-0.15, -0.1) is 5.10 Å². The second-order valence-electron chi connectivity index (χ2n) is 3.25. The van der Waals surface area contributed by atoms with E-state index >= 15 is 0 Å². The molecule has 80 valence electrons. The van der Waals surface area contributed by atoms with E-state index < -0.39 is 5.95 Å². The molecule has 2 aromatic rings. The number of aromatic nitrogens is 2. The average molecular weight is 209 g/mol. The lowest BCUT2D eigenvalue weighted by Gasteiger charge is -2.01. The molecule has 0 saturated carbocycles. The van der Waals surface area contributed by atoms with E-state index in [2.05, 4.69) is 5.10 Å². The normalized spacial score (nSPS) is 11.1. The largest absolute Gasteiger partial charge is 0.398 e. The standard InChI is InChI=1S/C10H12FN3O/c1-15-6-5-14-8-4-2-3-7(12)9(8)10(11)13-14/h2-4H,5-6,12H2,1H3. The zero-order chi connectivity index (χ0) is 10.8. The van der Waals surface area contributed by atoms with Gasteiger partial charge in [-0.05, 0) is 12.1 Å². The van der Waals surface area contributed by atoms with Crippen molar-refractivity contribution in [3.63, 3.8) is 0 Å². The molecule has 0 bridgehead atoms. The molecule has 0 spiro atoms. The van der Waals surface area contributed by atoms with Crippen LogP contribution in [0, 0.1) is 5.95 Å². The fourth-order valence-corrected chi connectivity index (χ4v) is 1.56. The average Bonchev–Trinajstić information content (AvgIpc) is 2.54. The minimum Gasteiger partial charge on any atom is -0.398 e. The minimum atomic E-state index is -0.529. The number of hydrogen-bond acceptors (Lipinski definition) is 3. The smallest absolute Gasteiger partial charge is 0.242 e. The first-order valence-corrected chi connectivity index (χ1v) is 4.63. The molecule has 0 fully saturated rings. The van der Waals surface area contributed by atoms with E-state index in [9.17, 15) is 4.39 Å². The van der Waals surface area contributed by atoms with Gasteiger partial charge in [0.25, 0.3) is 0 Å². The van der Waals surface area contributed by atoms with Gasteiger partial charge in [-0.25, -0.2) is 0 Å². The number of ether oxygens (including phenoxy) is 1. The molecule has 0 aliphatic carbocycles. The number of nitrogen functional groups attached to an aromatic ring is 1. The van der Waals surface area contributed by atoms with E-state index in [0.717, 1.165) is 0 Å². The molecule has 5 heteroatoms. The van der Waals surface area contributed by atoms with Crippen molar-refractivity contribution in [3.8, 4) is 0 Å². The summed E-state index contributed by atoms with van der Waals surface area (Å²) < 4.78 is 19.9. The Hall–Kier alpha value is -1.62. The molecule has 0 amide bonds. The third kappa shape index (κ3) is 1.66. The van der Waals surface area contributed by atoms with E-state index in [1.54, 1.807) is 30.0 Å². The van der Waals surface area contributed by atoms with Crippen molar-refractivity contribution in [2.45, 2.75) is 6.54 Å². The molecule has 15 heavy (non-hydrogen) atoms. The Balaban J connectivity index is 2.53. The van der Waals surface area contributed by atoms with Crippen LogP contribution in [0.5, 0.6) is 0 Å². The Morgan fingerprint density at radius 3 is 3.07 bits per heavy atom. The number of hydrogen-bond donors (Lipinski definition) is 1. The maximum Gasteiger partial charge on any atom is 0.242 e. The Labute approximate surface area is 86.4 Å². The molecular weight excluding hydrogens is 197 g/mol. The number of methoxy groups -OCH3 is 1. The Morgan fingerprint density at radius 1 is 1.53 bits per heavy atom. The SMILES string of the molecule is COCCn1nc(F)c2c(N)cccc21. The van der Waals surface area contributed by atoms with Gasteiger partial charge in [0.1, 0.15) is 0 Å². The van der Waals surface area contributed by atoms with Crippen LogP contribution < -0.4 is 5.73 Å². The second kappa shape index (κ2) is 3.86. The molecule has 0 aliphatic rings. The van der Waals surface area contributed by atoms with Gasteiger partial charge in [-0.1, -0.05) is 6.07 Å². The number of nitrogens with zero attached hydrogens (tertiary/aromatic N) is 2. The fourth-order valence-electron chi connectivity index (χ4n) is 1.56. The zero-order valence-corrected chi connectivity index (χ0v) is 8.40. The van der Waals surface area contributed by atoms with Gasteiger partial charge in [-0.2, -0.15) is 4.39 Å². The lowest BCUT2D eigenvalue weighted by atomic mass is 10.2. The summed E-state index contributed by atoms with van der Waals surface area (Å²) in [4.78, 5) is 0. The van der Waals surface area contributed by atoms with Crippen LogP contribution in [0.15, 0.2) is 18.2 Å². The Morgan fingerprint density at radius 2 is 2.33 bits per heavy atom. The highest BCUT2D eigenvalue weighted by Gasteiger charge is 2.11. The molecule has 2 rings (SSSR count). The molecule has 2 N–H and O–H groups in total. The number of benzene rings is 1. The van der Waals surface area contributed by atoms with Crippen LogP contribution in [0.3, 0.4) is 0 Å². The summed E-state index contributed by atoms with van der Waals surface area (Å²) in [7, 11) is 1.59. The van der Waals surface area contributed by atoms with Crippen LogP contribution >= 0.6 is 0 Å². The number of fused-ring (bicyclic) bond motifs is 1. The van der Waals surface area contributed by atoms with Crippen molar-refractivity contribution in [3.05, 3.63) is 24.1 Å². The Bertz CT molecular complexity index is 481. The lowest BCUT2D eigenvalue weighted by Crippen LogP contribution is -2.05. The first-order chi connectivity index (χ1) is 7.24. The fraction of sp³-hybridized carbons (Fsp3) is 0.300. The highest BCUT2D eigenvalue weighted by atomic mass is 19.1. The third-order valence-corrected chi connectivity index (χ3v) is 2.27. The summed E-state index contributed by atoms with van der Waals surface area (Å²) in [6.45, 7) is 1.01. The number of nitrogens with two attached hydrogens (primary N) is 1. The maximum absolute atomic E-state index is 13.4. The van der Waals surface area contributed by atoms with E-state index in [0.29, 0.717) is 29.7 Å². The molecule has 1 aromatic carbocycles. The molecule has 0 saturated heterocycles. The molecule has 0 radical (unpaired) electrons. The molecule has 1 aromatic heterocycles. The van der Waals surface area contributed by atoms with E-state index in [1.807, 2.05) is 0 Å². The van der Waals surface area contributed by atoms with Crippen LogP contribution in [-0.2, 0) is 11.3 Å². The quantitative estimate of drug-likeness (QED) is 0.777. The highest BCUT2D eigenvalue weighted by molar-refractivity contribution is 5.90. The molecule has 4 nitrogen and oxygen atoms in total. The lowest BCUT2D eigenvalue weighted by molar-refractivity contribution is 0.184. The highest BCUT2D eigenvalue weighted by Crippen LogP contribution is 2.23. The van der Waals surface area contributed by atoms with Gasteiger partial charge in [0.05, 0.1) is 24.1 Å². The van der Waals surface area contributed by atoms with E-state index in [4.69, 9.17) is 10.5 Å². The monoisotopic (exact) mass is 209 g/mol. The van der Waals surface area contributed by atoms with Crippen molar-refractivity contribution in [1.82, 2.24) is 9.78 Å². The molecule has 0 aliphatic heterocycles. The third-order valence-electron chi connectivity index (χ3n) is 2.27. The summed E-state index contributed by atoms with van der Waals surface area (Å²) in [6.07, 6.45) is 0. The van der Waals surface area contributed by atoms with Gasteiger partial charge < -0.3 is 10.5 Å². The van der Waals surface area contributed by atoms with Crippen molar-refractivity contribution >= 4 is 16.6 Å². The van der Waals surface area contributed by atoms with Gasteiger partial charge in [0.2, 0.25) is 5.95 Å². The van der Waals surface area contributed by atoms with E-state index in [-0.39, 0.29) is 0 Å². The van der Waals surface area contributed by atoms with Crippen LogP contribution in [0.4, 0.5) is 10.1 Å². The summed E-state index contributed by atoms with van der Waals surface area (Å²) in [5.74, 6) is -0.529. The predicted octanol–water partition coefficient (Wildman–Crippen LogP) is 1.40. The maximum atomic E-state index is 13.4. The predicted molar refractivity (Wildman–Crippen MR) is 56.0 cm³/mol. The van der Waals surface area contributed by atoms with Gasteiger partial charge >= 0.3 is 0 Å². The second-order valence-corrected chi connectivity index (χ2v) is 3.25. The van der Waals surface area contributed by atoms with Crippen molar-refractivity contribution in [1.29, 1.82) is 0 Å². The van der Waals surface area contributed by atoms with Crippen LogP contribution in [-0.4, -0.2) is 23.5 Å². The molecule has 0 atom stereocenters. The summed E-state index contributed by atoms with van der Waals surface area (Å²) >= 11 is 0. The minimum absolute atomic E-state index is 0.383. The molecule has 1 heterocycles. The van der Waals surface area contributed by atoms with E-state index in [1.165, 1.54) is 0 Å². The van der Waals surface area contributed by atoms with Crippen molar-refractivity contribution in [2.75, 3.05) is 19.5 Å².